The molecule has 68 valence electrons. The quantitative estimate of drug-likeness (QED) is 0.689. The maximum atomic E-state index is 12.9. The Kier molecular flexibility index (Phi) is 2.52. The predicted octanol–water partition coefficient (Wildman–Crippen LogP) is 1.91. The van der Waals surface area contributed by atoms with Gasteiger partial charge in [-0.05, 0) is 26.0 Å². The molecule has 0 aromatic rings. The van der Waals surface area contributed by atoms with Gasteiger partial charge in [0.15, 0.2) is 0 Å². The largest absolute Gasteiger partial charge is 0.495 e. The second-order valence-electron chi connectivity index (χ2n) is 3.15. The van der Waals surface area contributed by atoms with E-state index in [1.165, 1.54) is 6.08 Å². The van der Waals surface area contributed by atoms with Crippen molar-refractivity contribution in [1.29, 1.82) is 0 Å². The number of ether oxygens (including phenoxy) is 1. The van der Waals surface area contributed by atoms with Gasteiger partial charge in [-0.15, -0.1) is 0 Å². The molecule has 0 saturated carbocycles. The van der Waals surface area contributed by atoms with Crippen molar-refractivity contribution in [3.05, 3.63) is 24.0 Å². The minimum atomic E-state index is -2.24. The number of hydrogen-bond acceptors (Lipinski definition) is 2. The molecule has 1 rings (SSSR count). The van der Waals surface area contributed by atoms with Crippen molar-refractivity contribution >= 4 is 0 Å². The minimum absolute atomic E-state index is 0.0125. The lowest BCUT2D eigenvalue weighted by atomic mass is 10.1. The van der Waals surface area contributed by atoms with Crippen molar-refractivity contribution in [2.45, 2.75) is 32.2 Å². The number of allylic oxidation sites excluding steroid dienone is 2. The van der Waals surface area contributed by atoms with Crippen LogP contribution in [0, 0.1) is 0 Å². The van der Waals surface area contributed by atoms with Gasteiger partial charge in [-0.25, -0.2) is 4.39 Å². The molecule has 0 fully saturated rings. The van der Waals surface area contributed by atoms with Gasteiger partial charge in [0, 0.05) is 0 Å². The van der Waals surface area contributed by atoms with Gasteiger partial charge in [0.05, 0.1) is 12.5 Å². The second-order valence-corrected chi connectivity index (χ2v) is 3.15. The fraction of sp³-hybridized carbons (Fsp3) is 0.556. The summed E-state index contributed by atoms with van der Waals surface area (Å²) in [4.78, 5) is 0. The lowest BCUT2D eigenvalue weighted by Crippen LogP contribution is -2.23. The molecule has 0 amide bonds. The summed E-state index contributed by atoms with van der Waals surface area (Å²) in [6, 6.07) is 0. The smallest absolute Gasteiger partial charge is 0.233 e. The molecule has 1 aliphatic rings. The predicted molar refractivity (Wildman–Crippen MR) is 44.1 cm³/mol. The Bertz CT molecular complexity index is 217. The van der Waals surface area contributed by atoms with Gasteiger partial charge < -0.3 is 9.84 Å². The lowest BCUT2D eigenvalue weighted by Gasteiger charge is -2.21. The summed E-state index contributed by atoms with van der Waals surface area (Å²) in [5.74, 6) is -1.75. The molecule has 0 aromatic carbocycles. The number of halogens is 1. The van der Waals surface area contributed by atoms with Gasteiger partial charge in [0.1, 0.15) is 5.76 Å². The third-order valence-corrected chi connectivity index (χ3v) is 1.44. The topological polar surface area (TPSA) is 29.5 Å². The van der Waals surface area contributed by atoms with E-state index in [4.69, 9.17) is 9.84 Å². The van der Waals surface area contributed by atoms with Gasteiger partial charge in [0.25, 0.3) is 0 Å². The molecule has 1 atom stereocenters. The molecule has 1 aliphatic carbocycles. The Morgan fingerprint density at radius 2 is 2.33 bits per heavy atom. The molecule has 1 unspecified atom stereocenters. The van der Waals surface area contributed by atoms with Crippen LogP contribution in [0.25, 0.3) is 0 Å². The molecule has 0 aromatic heterocycles. The molecule has 0 spiro atoms. The van der Waals surface area contributed by atoms with Crippen molar-refractivity contribution in [3.8, 4) is 0 Å². The molecule has 2 nitrogen and oxygen atoms in total. The fourth-order valence-corrected chi connectivity index (χ4v) is 1.05. The number of rotatable bonds is 2. The first kappa shape index (κ1) is 9.26. The summed E-state index contributed by atoms with van der Waals surface area (Å²) in [6.07, 6.45) is 4.15. The van der Waals surface area contributed by atoms with Crippen molar-refractivity contribution in [1.82, 2.24) is 0 Å². The highest BCUT2D eigenvalue weighted by Crippen LogP contribution is 2.25. The standard InChI is InChI=1S/C9H13FO2/c1-7(2)12-8-4-3-5-9(10,11)6-8/h3-5,7,11H,6H2,1-2H3. The summed E-state index contributed by atoms with van der Waals surface area (Å²) in [7, 11) is 0. The highest BCUT2D eigenvalue weighted by Gasteiger charge is 2.27. The number of alkyl halides is 1. The van der Waals surface area contributed by atoms with Gasteiger partial charge >= 0.3 is 0 Å². The van der Waals surface area contributed by atoms with Crippen molar-refractivity contribution in [2.24, 2.45) is 0 Å². The molecule has 12 heavy (non-hydrogen) atoms. The van der Waals surface area contributed by atoms with E-state index >= 15 is 0 Å². The summed E-state index contributed by atoms with van der Waals surface area (Å²) in [6.45, 7) is 3.72. The fourth-order valence-electron chi connectivity index (χ4n) is 1.05. The monoisotopic (exact) mass is 172 g/mol. The normalized spacial score (nSPS) is 28.9. The van der Waals surface area contributed by atoms with E-state index in [-0.39, 0.29) is 12.5 Å². The zero-order chi connectivity index (χ0) is 9.19. The van der Waals surface area contributed by atoms with Crippen LogP contribution in [0.4, 0.5) is 4.39 Å². The van der Waals surface area contributed by atoms with Gasteiger partial charge in [-0.2, -0.15) is 0 Å². The van der Waals surface area contributed by atoms with E-state index in [0.29, 0.717) is 5.76 Å². The van der Waals surface area contributed by atoms with Crippen LogP contribution in [0.15, 0.2) is 24.0 Å². The van der Waals surface area contributed by atoms with Gasteiger partial charge in [-0.1, -0.05) is 6.08 Å². The van der Waals surface area contributed by atoms with Crippen LogP contribution in [-0.4, -0.2) is 17.1 Å². The molecule has 1 N–H and O–H groups in total. The van der Waals surface area contributed by atoms with Crippen LogP contribution in [0.5, 0.6) is 0 Å². The average molecular weight is 172 g/mol. The molecule has 0 saturated heterocycles. The van der Waals surface area contributed by atoms with E-state index < -0.39 is 5.85 Å². The van der Waals surface area contributed by atoms with Crippen LogP contribution < -0.4 is 0 Å². The first-order valence-corrected chi connectivity index (χ1v) is 3.96. The first-order valence-electron chi connectivity index (χ1n) is 3.96. The van der Waals surface area contributed by atoms with Crippen LogP contribution in [0.2, 0.25) is 0 Å². The maximum absolute atomic E-state index is 12.9. The summed E-state index contributed by atoms with van der Waals surface area (Å²) < 4.78 is 18.2. The second kappa shape index (κ2) is 3.27. The highest BCUT2D eigenvalue weighted by molar-refractivity contribution is 5.19. The summed E-state index contributed by atoms with van der Waals surface area (Å²) >= 11 is 0. The number of hydrogen-bond donors (Lipinski definition) is 1. The Labute approximate surface area is 71.3 Å². The van der Waals surface area contributed by atoms with Gasteiger partial charge in [-0.3, -0.25) is 0 Å². The highest BCUT2D eigenvalue weighted by atomic mass is 19.2. The van der Waals surface area contributed by atoms with E-state index in [2.05, 4.69) is 0 Å². The van der Waals surface area contributed by atoms with E-state index in [9.17, 15) is 4.39 Å². The third-order valence-electron chi connectivity index (χ3n) is 1.44. The Morgan fingerprint density at radius 1 is 1.67 bits per heavy atom. The van der Waals surface area contributed by atoms with E-state index in [1.54, 1.807) is 6.08 Å². The molecular weight excluding hydrogens is 159 g/mol. The molecule has 0 aliphatic heterocycles. The van der Waals surface area contributed by atoms with E-state index in [1.807, 2.05) is 13.8 Å². The minimum Gasteiger partial charge on any atom is -0.495 e. The third kappa shape index (κ3) is 2.66. The van der Waals surface area contributed by atoms with Crippen LogP contribution in [0.1, 0.15) is 20.3 Å². The van der Waals surface area contributed by atoms with E-state index in [0.717, 1.165) is 6.08 Å². The van der Waals surface area contributed by atoms with Crippen molar-refractivity contribution in [3.63, 3.8) is 0 Å². The van der Waals surface area contributed by atoms with Crippen LogP contribution in [-0.2, 0) is 4.74 Å². The Hall–Kier alpha value is -0.830. The van der Waals surface area contributed by atoms with Gasteiger partial charge in [0.2, 0.25) is 5.85 Å². The number of aliphatic hydroxyl groups is 1. The zero-order valence-electron chi connectivity index (χ0n) is 7.25. The zero-order valence-corrected chi connectivity index (χ0v) is 7.25. The first-order chi connectivity index (χ1) is 5.49. The molecular formula is C9H13FO2. The van der Waals surface area contributed by atoms with Crippen LogP contribution in [0.3, 0.4) is 0 Å². The molecule has 0 radical (unpaired) electrons. The van der Waals surface area contributed by atoms with Crippen molar-refractivity contribution < 1.29 is 14.2 Å². The molecule has 0 bridgehead atoms. The molecule has 0 heterocycles. The Morgan fingerprint density at radius 3 is 2.83 bits per heavy atom. The average Bonchev–Trinajstić information content (AvgIpc) is 1.82. The van der Waals surface area contributed by atoms with Crippen molar-refractivity contribution in [2.75, 3.05) is 0 Å². The van der Waals surface area contributed by atoms with Crippen LogP contribution >= 0.6 is 0 Å². The lowest BCUT2D eigenvalue weighted by molar-refractivity contribution is -0.0551. The summed E-state index contributed by atoms with van der Waals surface area (Å²) in [5.41, 5.74) is 0. The molecule has 3 heteroatoms. The summed E-state index contributed by atoms with van der Waals surface area (Å²) in [5, 5.41) is 8.98. The maximum Gasteiger partial charge on any atom is 0.233 e. The Balaban J connectivity index is 2.58. The SMILES string of the molecule is CC(C)OC1=CC=CC(O)(F)C1.